The van der Waals surface area contributed by atoms with Gasteiger partial charge in [0.05, 0.1) is 18.4 Å². The predicted octanol–water partition coefficient (Wildman–Crippen LogP) is 2.06. The van der Waals surface area contributed by atoms with Gasteiger partial charge in [0.2, 0.25) is 0 Å². The van der Waals surface area contributed by atoms with E-state index in [1.54, 1.807) is 6.07 Å². The molecule has 1 aromatic rings. The number of para-hydroxylation sites is 2. The van der Waals surface area contributed by atoms with Crippen LogP contribution in [0, 0.1) is 5.92 Å². The molecule has 2 N–H and O–H groups in total. The first kappa shape index (κ1) is 24.0. The molecule has 1 unspecified atom stereocenters. The monoisotopic (exact) mass is 517 g/mol. The van der Waals surface area contributed by atoms with Gasteiger partial charge >= 0.3 is 0 Å². The standard InChI is InChI=1S/C21H35N5O2.HI/c1-17(2)15-24-12-13-28-18(16-24)14-23-21(22-3)26-10-8-25(9-11-26)19-6-4-5-7-20(19)27;/h4-7,17-18,27H,8-16H2,1-3H3,(H,22,23);1H. The predicted molar refractivity (Wildman–Crippen MR) is 130 cm³/mol. The smallest absolute Gasteiger partial charge is 0.193 e. The Morgan fingerprint density at radius 1 is 1.21 bits per heavy atom. The number of nitrogens with zero attached hydrogens (tertiary/aromatic N) is 4. The first-order valence-corrected chi connectivity index (χ1v) is 10.4. The van der Waals surface area contributed by atoms with Gasteiger partial charge in [-0.05, 0) is 18.1 Å². The van der Waals surface area contributed by atoms with Crippen LogP contribution in [0.1, 0.15) is 13.8 Å². The summed E-state index contributed by atoms with van der Waals surface area (Å²) in [6.07, 6.45) is 0.201. The maximum absolute atomic E-state index is 10.1. The van der Waals surface area contributed by atoms with E-state index in [-0.39, 0.29) is 30.1 Å². The Morgan fingerprint density at radius 2 is 1.93 bits per heavy atom. The Morgan fingerprint density at radius 3 is 2.59 bits per heavy atom. The zero-order chi connectivity index (χ0) is 19.9. The summed E-state index contributed by atoms with van der Waals surface area (Å²) < 4.78 is 5.95. The molecule has 8 heteroatoms. The Bertz CT molecular complexity index is 650. The summed E-state index contributed by atoms with van der Waals surface area (Å²) in [5.41, 5.74) is 0.908. The number of morpholine rings is 1. The van der Waals surface area contributed by atoms with Gasteiger partial charge in [0.25, 0.3) is 0 Å². The molecule has 0 saturated carbocycles. The lowest BCUT2D eigenvalue weighted by Gasteiger charge is -2.38. The van der Waals surface area contributed by atoms with E-state index in [0.29, 0.717) is 11.7 Å². The lowest BCUT2D eigenvalue weighted by atomic mass is 10.2. The highest BCUT2D eigenvalue weighted by Gasteiger charge is 2.24. The first-order chi connectivity index (χ1) is 13.6. The van der Waals surface area contributed by atoms with Crippen LogP contribution in [0.15, 0.2) is 29.3 Å². The number of nitrogens with one attached hydrogen (secondary N) is 1. The molecule has 2 aliphatic heterocycles. The van der Waals surface area contributed by atoms with Crippen molar-refractivity contribution in [1.82, 2.24) is 15.1 Å². The minimum Gasteiger partial charge on any atom is -0.506 e. The summed E-state index contributed by atoms with van der Waals surface area (Å²) in [7, 11) is 1.84. The summed E-state index contributed by atoms with van der Waals surface area (Å²) in [6, 6.07) is 7.54. The number of piperazine rings is 1. The van der Waals surface area contributed by atoms with Gasteiger partial charge in [-0.15, -0.1) is 24.0 Å². The Labute approximate surface area is 192 Å². The molecule has 0 radical (unpaired) electrons. The Hall–Kier alpha value is -1.26. The zero-order valence-electron chi connectivity index (χ0n) is 17.9. The van der Waals surface area contributed by atoms with Gasteiger partial charge in [-0.25, -0.2) is 0 Å². The van der Waals surface area contributed by atoms with E-state index in [2.05, 4.69) is 38.9 Å². The summed E-state index contributed by atoms with van der Waals surface area (Å²) in [4.78, 5) is 11.5. The van der Waals surface area contributed by atoms with E-state index in [1.165, 1.54) is 0 Å². The Balaban J connectivity index is 0.00000300. The third-order valence-corrected chi connectivity index (χ3v) is 5.35. The number of ether oxygens (including phenoxy) is 1. The molecule has 164 valence electrons. The number of hydrogen-bond acceptors (Lipinski definition) is 5. The van der Waals surface area contributed by atoms with E-state index in [0.717, 1.165) is 70.6 Å². The second kappa shape index (κ2) is 11.8. The van der Waals surface area contributed by atoms with Crippen molar-refractivity contribution in [3.05, 3.63) is 24.3 Å². The molecule has 0 bridgehead atoms. The average Bonchev–Trinajstić information content (AvgIpc) is 2.69. The van der Waals surface area contributed by atoms with Crippen molar-refractivity contribution in [2.24, 2.45) is 10.9 Å². The van der Waals surface area contributed by atoms with E-state index >= 15 is 0 Å². The number of aliphatic imine (C=N–C) groups is 1. The molecule has 2 aliphatic rings. The zero-order valence-corrected chi connectivity index (χ0v) is 20.2. The number of phenols is 1. The largest absolute Gasteiger partial charge is 0.506 e. The molecule has 0 aromatic heterocycles. The van der Waals surface area contributed by atoms with Crippen LogP contribution in [0.25, 0.3) is 0 Å². The quantitative estimate of drug-likeness (QED) is 0.355. The van der Waals surface area contributed by atoms with Gasteiger partial charge in [-0.2, -0.15) is 0 Å². The molecule has 7 nitrogen and oxygen atoms in total. The molecule has 2 heterocycles. The van der Waals surface area contributed by atoms with Gasteiger partial charge in [-0.1, -0.05) is 26.0 Å². The van der Waals surface area contributed by atoms with Crippen LogP contribution < -0.4 is 10.2 Å². The van der Waals surface area contributed by atoms with E-state index < -0.39 is 0 Å². The van der Waals surface area contributed by atoms with Crippen molar-refractivity contribution in [1.29, 1.82) is 0 Å². The number of aromatic hydroxyl groups is 1. The van der Waals surface area contributed by atoms with Crippen molar-refractivity contribution in [3.63, 3.8) is 0 Å². The average molecular weight is 517 g/mol. The number of guanidine groups is 1. The van der Waals surface area contributed by atoms with Gasteiger partial charge in [0.15, 0.2) is 5.96 Å². The number of anilines is 1. The lowest BCUT2D eigenvalue weighted by molar-refractivity contribution is -0.0286. The van der Waals surface area contributed by atoms with Gasteiger partial charge in [0.1, 0.15) is 5.75 Å². The number of benzene rings is 1. The van der Waals surface area contributed by atoms with Crippen molar-refractivity contribution >= 4 is 35.6 Å². The Kier molecular flexibility index (Phi) is 9.78. The van der Waals surface area contributed by atoms with E-state index in [1.807, 2.05) is 25.2 Å². The third kappa shape index (κ3) is 6.89. The summed E-state index contributed by atoms with van der Waals surface area (Å²) >= 11 is 0. The second-order valence-corrected chi connectivity index (χ2v) is 8.04. The second-order valence-electron chi connectivity index (χ2n) is 8.04. The maximum atomic E-state index is 10.1. The minimum absolute atomic E-state index is 0. The topological polar surface area (TPSA) is 63.6 Å². The van der Waals surface area contributed by atoms with Gasteiger partial charge in [0, 0.05) is 59.4 Å². The van der Waals surface area contributed by atoms with Crippen LogP contribution in [-0.2, 0) is 4.74 Å². The van der Waals surface area contributed by atoms with Crippen molar-refractivity contribution < 1.29 is 9.84 Å². The van der Waals surface area contributed by atoms with Crippen LogP contribution in [0.4, 0.5) is 5.69 Å². The first-order valence-electron chi connectivity index (χ1n) is 10.4. The SMILES string of the molecule is CN=C(NCC1CN(CC(C)C)CCO1)N1CCN(c2ccccc2O)CC1.I. The number of halogens is 1. The molecule has 1 atom stereocenters. The fourth-order valence-electron chi connectivity index (χ4n) is 4.01. The van der Waals surface area contributed by atoms with Crippen molar-refractivity contribution in [3.8, 4) is 5.75 Å². The maximum Gasteiger partial charge on any atom is 0.193 e. The van der Waals surface area contributed by atoms with E-state index in [4.69, 9.17) is 4.74 Å². The molecule has 29 heavy (non-hydrogen) atoms. The number of rotatable bonds is 5. The molecular weight excluding hydrogens is 481 g/mol. The van der Waals surface area contributed by atoms with Gasteiger partial charge < -0.3 is 25.0 Å². The molecular formula is C21H36IN5O2. The minimum atomic E-state index is 0. The highest BCUT2D eigenvalue weighted by atomic mass is 127. The number of hydrogen-bond donors (Lipinski definition) is 2. The van der Waals surface area contributed by atoms with Crippen LogP contribution in [0.2, 0.25) is 0 Å². The van der Waals surface area contributed by atoms with Crippen LogP contribution >= 0.6 is 24.0 Å². The molecule has 3 rings (SSSR count). The fraction of sp³-hybridized carbons (Fsp3) is 0.667. The highest BCUT2D eigenvalue weighted by Crippen LogP contribution is 2.27. The molecule has 0 spiro atoms. The molecule has 0 aliphatic carbocycles. The van der Waals surface area contributed by atoms with Gasteiger partial charge in [-0.3, -0.25) is 9.89 Å². The fourth-order valence-corrected chi connectivity index (χ4v) is 4.01. The molecule has 0 amide bonds. The molecule has 2 saturated heterocycles. The van der Waals surface area contributed by atoms with Crippen LogP contribution in [-0.4, -0.2) is 93.0 Å². The normalized spacial score (nSPS) is 21.2. The van der Waals surface area contributed by atoms with Crippen molar-refractivity contribution in [2.75, 3.05) is 70.9 Å². The summed E-state index contributed by atoms with van der Waals surface area (Å²) in [5.74, 6) is 1.96. The van der Waals surface area contributed by atoms with Crippen LogP contribution in [0.5, 0.6) is 5.75 Å². The third-order valence-electron chi connectivity index (χ3n) is 5.35. The summed E-state index contributed by atoms with van der Waals surface area (Å²) in [6.45, 7) is 12.7. The molecule has 2 fully saturated rings. The number of phenolic OH excluding ortho intramolecular Hbond substituents is 1. The van der Waals surface area contributed by atoms with Crippen molar-refractivity contribution in [2.45, 2.75) is 20.0 Å². The van der Waals surface area contributed by atoms with Crippen LogP contribution in [0.3, 0.4) is 0 Å². The molecule has 1 aromatic carbocycles. The van der Waals surface area contributed by atoms with E-state index in [9.17, 15) is 5.11 Å². The highest BCUT2D eigenvalue weighted by molar-refractivity contribution is 14.0. The lowest BCUT2D eigenvalue weighted by Crippen LogP contribution is -2.55. The summed E-state index contributed by atoms with van der Waals surface area (Å²) in [5, 5.41) is 13.6.